The van der Waals surface area contributed by atoms with Gasteiger partial charge in [0.15, 0.2) is 0 Å². The summed E-state index contributed by atoms with van der Waals surface area (Å²) >= 11 is 0. The Hall–Kier alpha value is -1.54. The molecule has 16 heavy (non-hydrogen) atoms. The van der Waals surface area contributed by atoms with Gasteiger partial charge in [-0.2, -0.15) is 0 Å². The maximum absolute atomic E-state index is 5.83. The molecule has 0 radical (unpaired) electrons. The molecule has 0 bridgehead atoms. The second-order valence-electron chi connectivity index (χ2n) is 4.57. The van der Waals surface area contributed by atoms with Crippen LogP contribution in [0.4, 0.5) is 0 Å². The molecule has 0 unspecified atom stereocenters. The number of ether oxygens (including phenoxy) is 1. The SMILES string of the molecule is CC(C)(CN)Oc1ccc2ccccc2c1. The molecule has 0 aliphatic heterocycles. The number of nitrogens with two attached hydrogens (primary N) is 1. The summed E-state index contributed by atoms with van der Waals surface area (Å²) in [6.07, 6.45) is 0. The lowest BCUT2D eigenvalue weighted by Gasteiger charge is -2.24. The number of fused-ring (bicyclic) bond motifs is 1. The molecule has 0 amide bonds. The summed E-state index contributed by atoms with van der Waals surface area (Å²) in [5.74, 6) is 0.870. The second kappa shape index (κ2) is 4.14. The lowest BCUT2D eigenvalue weighted by atomic mass is 10.1. The summed E-state index contributed by atoms with van der Waals surface area (Å²) in [5.41, 5.74) is 5.32. The highest BCUT2D eigenvalue weighted by molar-refractivity contribution is 5.83. The molecule has 0 saturated heterocycles. The van der Waals surface area contributed by atoms with Crippen LogP contribution in [-0.4, -0.2) is 12.1 Å². The zero-order chi connectivity index (χ0) is 11.6. The van der Waals surface area contributed by atoms with Gasteiger partial charge >= 0.3 is 0 Å². The average molecular weight is 215 g/mol. The quantitative estimate of drug-likeness (QED) is 0.854. The van der Waals surface area contributed by atoms with Gasteiger partial charge in [0.2, 0.25) is 0 Å². The van der Waals surface area contributed by atoms with E-state index in [9.17, 15) is 0 Å². The van der Waals surface area contributed by atoms with Crippen LogP contribution in [0.3, 0.4) is 0 Å². The first-order valence-electron chi connectivity index (χ1n) is 5.49. The Kier molecular flexibility index (Phi) is 2.84. The van der Waals surface area contributed by atoms with Crippen molar-refractivity contribution in [3.05, 3.63) is 42.5 Å². The minimum atomic E-state index is -0.317. The zero-order valence-electron chi connectivity index (χ0n) is 9.73. The average Bonchev–Trinajstić information content (AvgIpc) is 2.28. The van der Waals surface area contributed by atoms with E-state index in [1.807, 2.05) is 38.1 Å². The van der Waals surface area contributed by atoms with Crippen LogP contribution in [-0.2, 0) is 0 Å². The fraction of sp³-hybridized carbons (Fsp3) is 0.286. The van der Waals surface area contributed by atoms with Crippen molar-refractivity contribution < 1.29 is 4.74 Å². The summed E-state index contributed by atoms with van der Waals surface area (Å²) in [4.78, 5) is 0. The summed E-state index contributed by atoms with van der Waals surface area (Å²) in [6, 6.07) is 14.3. The monoisotopic (exact) mass is 215 g/mol. The molecule has 0 aromatic heterocycles. The molecule has 84 valence electrons. The smallest absolute Gasteiger partial charge is 0.120 e. The van der Waals surface area contributed by atoms with Crippen LogP contribution in [0, 0.1) is 0 Å². The van der Waals surface area contributed by atoms with Crippen LogP contribution < -0.4 is 10.5 Å². The molecule has 0 aliphatic rings. The highest BCUT2D eigenvalue weighted by Crippen LogP contribution is 2.23. The van der Waals surface area contributed by atoms with Crippen molar-refractivity contribution in [1.29, 1.82) is 0 Å². The standard InChI is InChI=1S/C14H17NO/c1-14(2,10-15)16-13-8-7-11-5-3-4-6-12(11)9-13/h3-9H,10,15H2,1-2H3. The van der Waals surface area contributed by atoms with E-state index in [2.05, 4.69) is 18.2 Å². The summed E-state index contributed by atoms with van der Waals surface area (Å²) in [7, 11) is 0. The predicted molar refractivity (Wildman–Crippen MR) is 67.7 cm³/mol. The van der Waals surface area contributed by atoms with Gasteiger partial charge < -0.3 is 10.5 Å². The molecule has 0 fully saturated rings. The number of rotatable bonds is 3. The van der Waals surface area contributed by atoms with Crippen LogP contribution in [0.1, 0.15) is 13.8 Å². The van der Waals surface area contributed by atoms with Crippen molar-refractivity contribution in [2.45, 2.75) is 19.4 Å². The minimum Gasteiger partial charge on any atom is -0.487 e. The summed E-state index contributed by atoms with van der Waals surface area (Å²) in [5, 5.41) is 2.41. The first kappa shape index (κ1) is 11.0. The molecule has 2 nitrogen and oxygen atoms in total. The van der Waals surface area contributed by atoms with Gasteiger partial charge in [-0.05, 0) is 36.8 Å². The van der Waals surface area contributed by atoms with Crippen molar-refractivity contribution in [2.24, 2.45) is 5.73 Å². The van der Waals surface area contributed by atoms with E-state index < -0.39 is 0 Å². The van der Waals surface area contributed by atoms with Crippen molar-refractivity contribution in [3.63, 3.8) is 0 Å². The van der Waals surface area contributed by atoms with Crippen molar-refractivity contribution in [1.82, 2.24) is 0 Å². The van der Waals surface area contributed by atoms with Crippen LogP contribution in [0.2, 0.25) is 0 Å². The molecular formula is C14H17NO. The first-order valence-corrected chi connectivity index (χ1v) is 5.49. The van der Waals surface area contributed by atoms with Gasteiger partial charge in [-0.1, -0.05) is 30.3 Å². The van der Waals surface area contributed by atoms with Crippen molar-refractivity contribution >= 4 is 10.8 Å². The molecule has 0 aliphatic carbocycles. The van der Waals surface area contributed by atoms with Crippen LogP contribution in [0.25, 0.3) is 10.8 Å². The number of hydrogen-bond acceptors (Lipinski definition) is 2. The van der Waals surface area contributed by atoms with Crippen molar-refractivity contribution in [2.75, 3.05) is 6.54 Å². The molecule has 0 saturated carbocycles. The topological polar surface area (TPSA) is 35.2 Å². The summed E-state index contributed by atoms with van der Waals surface area (Å²) in [6.45, 7) is 4.48. The Labute approximate surface area is 96.0 Å². The molecule has 0 heterocycles. The molecular weight excluding hydrogens is 198 g/mol. The van der Waals surface area contributed by atoms with Gasteiger partial charge in [-0.15, -0.1) is 0 Å². The molecule has 2 heteroatoms. The fourth-order valence-electron chi connectivity index (χ4n) is 1.59. The zero-order valence-corrected chi connectivity index (χ0v) is 9.73. The van der Waals surface area contributed by atoms with Crippen LogP contribution >= 0.6 is 0 Å². The maximum Gasteiger partial charge on any atom is 0.120 e. The van der Waals surface area contributed by atoms with Gasteiger partial charge in [0.25, 0.3) is 0 Å². The molecule has 2 aromatic carbocycles. The van der Waals surface area contributed by atoms with Crippen LogP contribution in [0.5, 0.6) is 5.75 Å². The highest BCUT2D eigenvalue weighted by atomic mass is 16.5. The third-order valence-corrected chi connectivity index (χ3v) is 2.61. The Morgan fingerprint density at radius 1 is 1.06 bits per heavy atom. The normalized spacial score (nSPS) is 11.7. The van der Waals surface area contributed by atoms with Crippen LogP contribution in [0.15, 0.2) is 42.5 Å². The molecule has 2 N–H and O–H groups in total. The maximum atomic E-state index is 5.83. The second-order valence-corrected chi connectivity index (χ2v) is 4.57. The lowest BCUT2D eigenvalue weighted by Crippen LogP contribution is -2.37. The Morgan fingerprint density at radius 3 is 2.44 bits per heavy atom. The van der Waals surface area contributed by atoms with E-state index in [0.29, 0.717) is 6.54 Å². The van der Waals surface area contributed by atoms with Crippen molar-refractivity contribution in [3.8, 4) is 5.75 Å². The van der Waals surface area contributed by atoms with Gasteiger partial charge in [0.05, 0.1) is 0 Å². The largest absolute Gasteiger partial charge is 0.487 e. The Morgan fingerprint density at radius 2 is 1.75 bits per heavy atom. The molecule has 2 aromatic rings. The van der Waals surface area contributed by atoms with E-state index in [1.54, 1.807) is 0 Å². The third kappa shape index (κ3) is 2.34. The molecule has 2 rings (SSSR count). The minimum absolute atomic E-state index is 0.317. The van der Waals surface area contributed by atoms with Gasteiger partial charge in [0, 0.05) is 6.54 Å². The molecule has 0 atom stereocenters. The first-order chi connectivity index (χ1) is 7.61. The number of benzene rings is 2. The third-order valence-electron chi connectivity index (χ3n) is 2.61. The Balaban J connectivity index is 2.33. The lowest BCUT2D eigenvalue weighted by molar-refractivity contribution is 0.119. The number of hydrogen-bond donors (Lipinski definition) is 1. The van der Waals surface area contributed by atoms with E-state index in [0.717, 1.165) is 5.75 Å². The van der Waals surface area contributed by atoms with E-state index >= 15 is 0 Å². The van der Waals surface area contributed by atoms with Gasteiger partial charge in [-0.25, -0.2) is 0 Å². The van der Waals surface area contributed by atoms with E-state index in [-0.39, 0.29) is 5.60 Å². The highest BCUT2D eigenvalue weighted by Gasteiger charge is 2.17. The van der Waals surface area contributed by atoms with E-state index in [4.69, 9.17) is 10.5 Å². The molecule has 0 spiro atoms. The summed E-state index contributed by atoms with van der Waals surface area (Å²) < 4.78 is 5.83. The van der Waals surface area contributed by atoms with E-state index in [1.165, 1.54) is 10.8 Å². The van der Waals surface area contributed by atoms with Gasteiger partial charge in [-0.3, -0.25) is 0 Å². The Bertz CT molecular complexity index is 491. The van der Waals surface area contributed by atoms with Gasteiger partial charge in [0.1, 0.15) is 11.4 Å². The predicted octanol–water partition coefficient (Wildman–Crippen LogP) is 2.96. The fourth-order valence-corrected chi connectivity index (χ4v) is 1.59.